The van der Waals surface area contributed by atoms with E-state index in [2.05, 4.69) is 16.0 Å². The Bertz CT molecular complexity index is 1200. The molecule has 1 atom stereocenters. The van der Waals surface area contributed by atoms with Crippen LogP contribution < -0.4 is 16.0 Å². The minimum atomic E-state index is -0.277. The van der Waals surface area contributed by atoms with Crippen LogP contribution >= 0.6 is 0 Å². The molecule has 1 saturated carbocycles. The summed E-state index contributed by atoms with van der Waals surface area (Å²) < 4.78 is 0. The number of rotatable bonds is 8. The molecule has 0 saturated heterocycles. The highest BCUT2D eigenvalue weighted by molar-refractivity contribution is 6.08. The van der Waals surface area contributed by atoms with Crippen molar-refractivity contribution in [2.24, 2.45) is 5.92 Å². The quantitative estimate of drug-likeness (QED) is 0.474. The number of carbonyl (C=O) groups excluding carboxylic acids is 3. The summed E-state index contributed by atoms with van der Waals surface area (Å²) in [5, 5.41) is 10.7. The van der Waals surface area contributed by atoms with E-state index in [1.807, 2.05) is 62.4 Å². The van der Waals surface area contributed by atoms with E-state index < -0.39 is 0 Å². The van der Waals surface area contributed by atoms with E-state index in [4.69, 9.17) is 0 Å². The monoisotopic (exact) mass is 443 g/mol. The summed E-state index contributed by atoms with van der Waals surface area (Å²) in [6.45, 7) is 4.25. The molecule has 1 aliphatic rings. The molecular weight excluding hydrogens is 414 g/mol. The highest BCUT2D eigenvalue weighted by atomic mass is 16.2. The molecule has 0 spiro atoms. The zero-order valence-electron chi connectivity index (χ0n) is 19.0. The van der Waals surface area contributed by atoms with E-state index in [1.165, 1.54) is 0 Å². The first-order valence-corrected chi connectivity index (χ1v) is 11.5. The molecule has 33 heavy (non-hydrogen) atoms. The van der Waals surface area contributed by atoms with Gasteiger partial charge in [0, 0.05) is 24.1 Å². The molecule has 6 heteroatoms. The van der Waals surface area contributed by atoms with E-state index in [0.717, 1.165) is 35.6 Å². The van der Waals surface area contributed by atoms with Gasteiger partial charge in [-0.05, 0) is 66.8 Å². The van der Waals surface area contributed by atoms with Crippen molar-refractivity contribution in [3.8, 4) is 0 Å². The van der Waals surface area contributed by atoms with Gasteiger partial charge in [-0.25, -0.2) is 0 Å². The number of hydrogen-bond donors (Lipinski definition) is 3. The summed E-state index contributed by atoms with van der Waals surface area (Å²) >= 11 is 0. The zero-order chi connectivity index (χ0) is 23.4. The second-order valence-electron chi connectivity index (χ2n) is 8.67. The molecule has 3 aromatic carbocycles. The minimum Gasteiger partial charge on any atom is -0.350 e. The van der Waals surface area contributed by atoms with Crippen LogP contribution in [-0.4, -0.2) is 23.8 Å². The van der Waals surface area contributed by atoms with Gasteiger partial charge >= 0.3 is 0 Å². The minimum absolute atomic E-state index is 0.0386. The number of amides is 3. The molecule has 0 bridgehead atoms. The second-order valence-corrected chi connectivity index (χ2v) is 8.67. The van der Waals surface area contributed by atoms with Gasteiger partial charge in [-0.15, -0.1) is 0 Å². The van der Waals surface area contributed by atoms with Crippen LogP contribution in [0.3, 0.4) is 0 Å². The summed E-state index contributed by atoms with van der Waals surface area (Å²) in [5.41, 5.74) is 2.33. The normalized spacial score (nSPS) is 13.9. The van der Waals surface area contributed by atoms with Gasteiger partial charge < -0.3 is 16.0 Å². The number of fused-ring (bicyclic) bond motifs is 1. The molecule has 3 N–H and O–H groups in total. The van der Waals surface area contributed by atoms with Crippen molar-refractivity contribution < 1.29 is 14.4 Å². The van der Waals surface area contributed by atoms with Gasteiger partial charge in [0.25, 0.3) is 11.8 Å². The Morgan fingerprint density at radius 3 is 2.36 bits per heavy atom. The smallest absolute Gasteiger partial charge is 0.253 e. The summed E-state index contributed by atoms with van der Waals surface area (Å²) in [7, 11) is 0. The first-order chi connectivity index (χ1) is 15.9. The maximum absolute atomic E-state index is 13.1. The summed E-state index contributed by atoms with van der Waals surface area (Å²) in [6.07, 6.45) is 2.64. The molecule has 6 nitrogen and oxygen atoms in total. The lowest BCUT2D eigenvalue weighted by Crippen LogP contribution is -2.32. The Morgan fingerprint density at radius 1 is 0.939 bits per heavy atom. The molecule has 0 aromatic heterocycles. The van der Waals surface area contributed by atoms with Gasteiger partial charge in [0.15, 0.2) is 0 Å². The first kappa shape index (κ1) is 22.5. The van der Waals surface area contributed by atoms with Gasteiger partial charge in [0.1, 0.15) is 0 Å². The van der Waals surface area contributed by atoms with Gasteiger partial charge in [-0.2, -0.15) is 0 Å². The Kier molecular flexibility index (Phi) is 6.73. The second kappa shape index (κ2) is 9.86. The third kappa shape index (κ3) is 5.58. The van der Waals surface area contributed by atoms with E-state index in [0.29, 0.717) is 16.8 Å². The van der Waals surface area contributed by atoms with Crippen molar-refractivity contribution in [3.05, 3.63) is 77.4 Å². The Labute approximate surface area is 193 Å². The molecule has 0 radical (unpaired) electrons. The number of nitrogens with one attached hydrogen (secondary N) is 3. The van der Waals surface area contributed by atoms with Crippen LogP contribution in [0, 0.1) is 5.92 Å². The van der Waals surface area contributed by atoms with Crippen LogP contribution in [0.25, 0.3) is 10.8 Å². The molecule has 4 rings (SSSR count). The third-order valence-corrected chi connectivity index (χ3v) is 5.97. The molecule has 1 unspecified atom stereocenters. The Morgan fingerprint density at radius 2 is 1.67 bits per heavy atom. The van der Waals surface area contributed by atoms with Crippen LogP contribution in [0.1, 0.15) is 59.4 Å². The van der Waals surface area contributed by atoms with Crippen LogP contribution in [-0.2, 0) is 11.3 Å². The average Bonchev–Trinajstić information content (AvgIpc) is 3.68. The van der Waals surface area contributed by atoms with Crippen molar-refractivity contribution in [1.29, 1.82) is 0 Å². The van der Waals surface area contributed by atoms with Gasteiger partial charge in [-0.3, -0.25) is 14.4 Å². The molecule has 0 heterocycles. The molecule has 3 amide bonds. The van der Waals surface area contributed by atoms with Gasteiger partial charge in [0.2, 0.25) is 5.91 Å². The summed E-state index contributed by atoms with van der Waals surface area (Å²) in [6, 6.07) is 18.7. The SMILES string of the molecule is CCC(C)NC(=O)c1cccc(CNC(=O)c2cc3ccccc3cc2NC(=O)C2CC2)c1. The van der Waals surface area contributed by atoms with E-state index in [1.54, 1.807) is 12.1 Å². The van der Waals surface area contributed by atoms with Crippen molar-refractivity contribution in [1.82, 2.24) is 10.6 Å². The predicted molar refractivity (Wildman–Crippen MR) is 130 cm³/mol. The van der Waals surface area contributed by atoms with Crippen LogP contribution in [0.2, 0.25) is 0 Å². The first-order valence-electron chi connectivity index (χ1n) is 11.5. The van der Waals surface area contributed by atoms with Crippen molar-refractivity contribution in [3.63, 3.8) is 0 Å². The molecule has 1 fully saturated rings. The topological polar surface area (TPSA) is 87.3 Å². The lowest BCUT2D eigenvalue weighted by molar-refractivity contribution is -0.117. The van der Waals surface area contributed by atoms with Crippen LogP contribution in [0.4, 0.5) is 5.69 Å². The predicted octanol–water partition coefficient (Wildman–Crippen LogP) is 4.65. The Balaban J connectivity index is 1.51. The zero-order valence-corrected chi connectivity index (χ0v) is 19.0. The lowest BCUT2D eigenvalue weighted by atomic mass is 10.0. The summed E-state index contributed by atoms with van der Waals surface area (Å²) in [5.74, 6) is -0.408. The lowest BCUT2D eigenvalue weighted by Gasteiger charge is -2.14. The fraction of sp³-hybridized carbons (Fsp3) is 0.296. The molecular formula is C27H29N3O3. The van der Waals surface area contributed by atoms with Crippen molar-refractivity contribution >= 4 is 34.2 Å². The highest BCUT2D eigenvalue weighted by Crippen LogP contribution is 2.32. The molecule has 3 aromatic rings. The van der Waals surface area contributed by atoms with Crippen molar-refractivity contribution in [2.75, 3.05) is 5.32 Å². The maximum Gasteiger partial charge on any atom is 0.253 e. The largest absolute Gasteiger partial charge is 0.350 e. The average molecular weight is 444 g/mol. The van der Waals surface area contributed by atoms with Gasteiger partial charge in [0.05, 0.1) is 11.3 Å². The molecule has 0 aliphatic heterocycles. The standard InChI is InChI=1S/C27H29N3O3/c1-3-17(2)29-26(32)22-10-6-7-18(13-22)16-28-27(33)23-14-20-8-4-5-9-21(20)15-24(23)30-25(31)19-11-12-19/h4-10,13-15,17,19H,3,11-12,16H2,1-2H3,(H,28,33)(H,29,32)(H,30,31). The number of hydrogen-bond acceptors (Lipinski definition) is 3. The molecule has 170 valence electrons. The van der Waals surface area contributed by atoms with E-state index >= 15 is 0 Å². The van der Waals surface area contributed by atoms with Crippen LogP contribution in [0.5, 0.6) is 0 Å². The van der Waals surface area contributed by atoms with Gasteiger partial charge in [-0.1, -0.05) is 43.3 Å². The molecule has 1 aliphatic carbocycles. The van der Waals surface area contributed by atoms with Crippen LogP contribution in [0.15, 0.2) is 60.7 Å². The van der Waals surface area contributed by atoms with E-state index in [9.17, 15) is 14.4 Å². The van der Waals surface area contributed by atoms with Crippen molar-refractivity contribution in [2.45, 2.75) is 45.7 Å². The number of carbonyl (C=O) groups is 3. The maximum atomic E-state index is 13.1. The fourth-order valence-corrected chi connectivity index (χ4v) is 3.62. The van der Waals surface area contributed by atoms with E-state index in [-0.39, 0.29) is 36.2 Å². The Hall–Kier alpha value is -3.67. The summed E-state index contributed by atoms with van der Waals surface area (Å²) in [4.78, 5) is 37.9. The highest BCUT2D eigenvalue weighted by Gasteiger charge is 2.30. The number of benzene rings is 3. The fourth-order valence-electron chi connectivity index (χ4n) is 3.62. The number of anilines is 1. The third-order valence-electron chi connectivity index (χ3n) is 5.97.